The summed E-state index contributed by atoms with van der Waals surface area (Å²) >= 11 is 0. The van der Waals surface area contributed by atoms with Gasteiger partial charge >= 0.3 is 0 Å². The van der Waals surface area contributed by atoms with Crippen LogP contribution in [-0.2, 0) is 0 Å². The molecule has 1 fully saturated rings. The van der Waals surface area contributed by atoms with E-state index >= 15 is 0 Å². The van der Waals surface area contributed by atoms with Crippen molar-refractivity contribution in [1.82, 2.24) is 5.32 Å². The lowest BCUT2D eigenvalue weighted by atomic mass is 9.90. The van der Waals surface area contributed by atoms with Gasteiger partial charge in [-0.15, -0.1) is 0 Å². The number of nitrogens with one attached hydrogen (secondary N) is 1. The Morgan fingerprint density at radius 2 is 1.93 bits per heavy atom. The van der Waals surface area contributed by atoms with Gasteiger partial charge in [0.15, 0.2) is 0 Å². The molecule has 1 nitrogen and oxygen atoms in total. The molecule has 0 aromatic heterocycles. The van der Waals surface area contributed by atoms with Gasteiger partial charge in [0.2, 0.25) is 0 Å². The lowest BCUT2D eigenvalue weighted by molar-refractivity contribution is 0.336. The second-order valence-electron chi connectivity index (χ2n) is 5.50. The van der Waals surface area contributed by atoms with Crippen molar-refractivity contribution in [3.8, 4) is 0 Å². The van der Waals surface area contributed by atoms with E-state index in [2.05, 4.69) is 26.2 Å². The maximum absolute atomic E-state index is 3.52. The van der Waals surface area contributed by atoms with E-state index in [1.54, 1.807) is 0 Å². The van der Waals surface area contributed by atoms with Gasteiger partial charge in [-0.1, -0.05) is 52.4 Å². The summed E-state index contributed by atoms with van der Waals surface area (Å²) < 4.78 is 0. The van der Waals surface area contributed by atoms with Crippen LogP contribution in [0.1, 0.15) is 65.2 Å². The number of hydrogen-bond donors (Lipinski definition) is 1. The Balaban J connectivity index is 2.21. The van der Waals surface area contributed by atoms with Gasteiger partial charge < -0.3 is 5.32 Å². The zero-order valence-electron chi connectivity index (χ0n) is 10.9. The van der Waals surface area contributed by atoms with Crippen LogP contribution in [0.25, 0.3) is 0 Å². The summed E-state index contributed by atoms with van der Waals surface area (Å²) in [7, 11) is 2.14. The quantitative estimate of drug-likeness (QED) is 0.671. The van der Waals surface area contributed by atoms with Crippen LogP contribution in [0.2, 0.25) is 0 Å². The molecule has 1 aliphatic rings. The molecule has 0 amide bonds. The van der Waals surface area contributed by atoms with Gasteiger partial charge in [0.25, 0.3) is 0 Å². The average Bonchev–Trinajstić information content (AvgIpc) is 2.70. The first kappa shape index (κ1) is 13.0. The van der Waals surface area contributed by atoms with Crippen molar-refractivity contribution >= 4 is 0 Å². The number of rotatable bonds is 7. The highest BCUT2D eigenvalue weighted by molar-refractivity contribution is 4.76. The molecule has 0 aromatic carbocycles. The Bertz CT molecular complexity index is 149. The van der Waals surface area contributed by atoms with E-state index in [9.17, 15) is 0 Å². The van der Waals surface area contributed by atoms with Gasteiger partial charge in [-0.05, 0) is 31.7 Å². The van der Waals surface area contributed by atoms with Crippen LogP contribution in [0.5, 0.6) is 0 Å². The van der Waals surface area contributed by atoms with E-state index in [1.807, 2.05) is 0 Å². The van der Waals surface area contributed by atoms with Gasteiger partial charge in [0, 0.05) is 6.04 Å². The van der Waals surface area contributed by atoms with Crippen molar-refractivity contribution in [2.24, 2.45) is 11.8 Å². The van der Waals surface area contributed by atoms with Crippen molar-refractivity contribution in [3.05, 3.63) is 0 Å². The first-order valence-electron chi connectivity index (χ1n) is 6.93. The van der Waals surface area contributed by atoms with Crippen molar-refractivity contribution in [2.45, 2.75) is 71.3 Å². The summed E-state index contributed by atoms with van der Waals surface area (Å²) in [5.41, 5.74) is 0. The summed E-state index contributed by atoms with van der Waals surface area (Å²) in [4.78, 5) is 0. The third-order valence-electron chi connectivity index (χ3n) is 3.97. The van der Waals surface area contributed by atoms with Crippen LogP contribution in [0, 0.1) is 11.8 Å². The summed E-state index contributed by atoms with van der Waals surface area (Å²) in [5, 5.41) is 3.52. The van der Waals surface area contributed by atoms with Gasteiger partial charge in [-0.25, -0.2) is 0 Å². The molecule has 1 saturated carbocycles. The van der Waals surface area contributed by atoms with Gasteiger partial charge in [-0.2, -0.15) is 0 Å². The zero-order valence-corrected chi connectivity index (χ0v) is 10.9. The Morgan fingerprint density at radius 3 is 2.47 bits per heavy atom. The third kappa shape index (κ3) is 5.01. The highest BCUT2D eigenvalue weighted by atomic mass is 14.9. The topological polar surface area (TPSA) is 12.0 Å². The molecule has 0 spiro atoms. The van der Waals surface area contributed by atoms with Gasteiger partial charge in [-0.3, -0.25) is 0 Å². The number of hydrogen-bond acceptors (Lipinski definition) is 1. The molecule has 0 saturated heterocycles. The van der Waals surface area contributed by atoms with Gasteiger partial charge in [0.1, 0.15) is 0 Å². The standard InChI is InChI=1S/C14H29N/c1-4-7-12(2)10-14(15-3)11-13-8-5-6-9-13/h12-15H,4-11H2,1-3H3. The third-order valence-corrected chi connectivity index (χ3v) is 3.97. The highest BCUT2D eigenvalue weighted by Gasteiger charge is 2.20. The van der Waals surface area contributed by atoms with Crippen LogP contribution in [0.15, 0.2) is 0 Å². The van der Waals surface area contributed by atoms with E-state index in [0.717, 1.165) is 17.9 Å². The van der Waals surface area contributed by atoms with E-state index in [-0.39, 0.29) is 0 Å². The predicted molar refractivity (Wildman–Crippen MR) is 68.1 cm³/mol. The largest absolute Gasteiger partial charge is 0.317 e. The van der Waals surface area contributed by atoms with Crippen LogP contribution in [0.4, 0.5) is 0 Å². The fraction of sp³-hybridized carbons (Fsp3) is 1.00. The fourth-order valence-electron chi connectivity index (χ4n) is 3.08. The molecule has 0 bridgehead atoms. The lowest BCUT2D eigenvalue weighted by Gasteiger charge is -2.23. The first-order valence-corrected chi connectivity index (χ1v) is 6.93. The summed E-state index contributed by atoms with van der Waals surface area (Å²) in [5.74, 6) is 1.92. The minimum atomic E-state index is 0.773. The zero-order chi connectivity index (χ0) is 11.1. The maximum Gasteiger partial charge on any atom is 0.00692 e. The van der Waals surface area contributed by atoms with Crippen molar-refractivity contribution in [3.63, 3.8) is 0 Å². The normalized spacial score (nSPS) is 21.8. The average molecular weight is 211 g/mol. The molecule has 1 N–H and O–H groups in total. The molecule has 1 aliphatic carbocycles. The summed E-state index contributed by atoms with van der Waals surface area (Å²) in [6.45, 7) is 4.70. The predicted octanol–water partition coefficient (Wildman–Crippen LogP) is 3.98. The minimum Gasteiger partial charge on any atom is -0.317 e. The SMILES string of the molecule is CCCC(C)CC(CC1CCCC1)NC. The molecule has 15 heavy (non-hydrogen) atoms. The Labute approximate surface area is 96.0 Å². The van der Waals surface area contributed by atoms with Crippen LogP contribution < -0.4 is 5.32 Å². The minimum absolute atomic E-state index is 0.773. The van der Waals surface area contributed by atoms with Crippen LogP contribution in [0.3, 0.4) is 0 Å². The maximum atomic E-state index is 3.52. The summed E-state index contributed by atoms with van der Waals surface area (Å²) in [6.07, 6.45) is 11.5. The highest BCUT2D eigenvalue weighted by Crippen LogP contribution is 2.30. The van der Waals surface area contributed by atoms with Gasteiger partial charge in [0.05, 0.1) is 0 Å². The van der Waals surface area contributed by atoms with Crippen LogP contribution >= 0.6 is 0 Å². The molecule has 1 heteroatoms. The second-order valence-corrected chi connectivity index (χ2v) is 5.50. The van der Waals surface area contributed by atoms with Crippen molar-refractivity contribution in [1.29, 1.82) is 0 Å². The molecule has 2 atom stereocenters. The van der Waals surface area contributed by atoms with E-state index in [1.165, 1.54) is 51.4 Å². The second kappa shape index (κ2) is 7.27. The molecule has 2 unspecified atom stereocenters. The van der Waals surface area contributed by atoms with E-state index in [4.69, 9.17) is 0 Å². The fourth-order valence-corrected chi connectivity index (χ4v) is 3.08. The molecular weight excluding hydrogens is 182 g/mol. The molecular formula is C14H29N. The molecule has 1 rings (SSSR count). The molecule has 0 aromatic rings. The van der Waals surface area contributed by atoms with E-state index in [0.29, 0.717) is 0 Å². The molecule has 0 radical (unpaired) electrons. The summed E-state index contributed by atoms with van der Waals surface area (Å²) in [6, 6.07) is 0.773. The molecule has 90 valence electrons. The molecule has 0 aliphatic heterocycles. The first-order chi connectivity index (χ1) is 7.26. The Hall–Kier alpha value is -0.0400. The van der Waals surface area contributed by atoms with E-state index < -0.39 is 0 Å². The van der Waals surface area contributed by atoms with Crippen LogP contribution in [-0.4, -0.2) is 13.1 Å². The molecule has 0 heterocycles. The smallest absolute Gasteiger partial charge is 0.00692 e. The van der Waals surface area contributed by atoms with Crippen molar-refractivity contribution < 1.29 is 0 Å². The Kier molecular flexibility index (Phi) is 6.31. The van der Waals surface area contributed by atoms with Crippen molar-refractivity contribution in [2.75, 3.05) is 7.05 Å². The Morgan fingerprint density at radius 1 is 1.27 bits per heavy atom. The lowest BCUT2D eigenvalue weighted by Crippen LogP contribution is -2.29. The monoisotopic (exact) mass is 211 g/mol.